The van der Waals surface area contributed by atoms with Crippen LogP contribution < -0.4 is 16.0 Å². The van der Waals surface area contributed by atoms with Gasteiger partial charge < -0.3 is 4.74 Å². The predicted molar refractivity (Wildman–Crippen MR) is 66.7 cm³/mol. The standard InChI is InChI=1S/C12H15N5O/c1-8-15-4-3-11(16-8)12(17-13)9-5-10(18-2)7-14-6-9/h3-7,12,17H,13H2,1-2H3. The first-order chi connectivity index (χ1) is 8.74. The molecule has 0 amide bonds. The number of methoxy groups -OCH3 is 1. The number of pyridine rings is 1. The number of hydrazine groups is 1. The molecule has 3 N–H and O–H groups in total. The summed E-state index contributed by atoms with van der Waals surface area (Å²) in [5.41, 5.74) is 4.40. The minimum Gasteiger partial charge on any atom is -0.495 e. The number of nitrogens with one attached hydrogen (secondary N) is 1. The first-order valence-corrected chi connectivity index (χ1v) is 5.49. The van der Waals surface area contributed by atoms with E-state index in [0.717, 1.165) is 11.3 Å². The smallest absolute Gasteiger partial charge is 0.137 e. The Morgan fingerprint density at radius 1 is 1.39 bits per heavy atom. The zero-order chi connectivity index (χ0) is 13.0. The minimum atomic E-state index is -0.241. The molecule has 2 rings (SSSR count). The number of nitrogens with two attached hydrogens (primary N) is 1. The molecule has 2 aromatic rings. The molecule has 0 spiro atoms. The van der Waals surface area contributed by atoms with Gasteiger partial charge >= 0.3 is 0 Å². The molecule has 6 nitrogen and oxygen atoms in total. The fourth-order valence-electron chi connectivity index (χ4n) is 1.69. The minimum absolute atomic E-state index is 0.241. The highest BCUT2D eigenvalue weighted by Gasteiger charge is 2.15. The highest BCUT2D eigenvalue weighted by molar-refractivity contribution is 5.30. The van der Waals surface area contributed by atoms with Crippen molar-refractivity contribution in [1.82, 2.24) is 20.4 Å². The maximum Gasteiger partial charge on any atom is 0.137 e. The van der Waals surface area contributed by atoms with Gasteiger partial charge in [0.2, 0.25) is 0 Å². The number of nitrogens with zero attached hydrogens (tertiary/aromatic N) is 3. The van der Waals surface area contributed by atoms with Gasteiger partial charge in [-0.3, -0.25) is 10.8 Å². The van der Waals surface area contributed by atoms with E-state index in [0.29, 0.717) is 11.6 Å². The lowest BCUT2D eigenvalue weighted by atomic mass is 10.1. The molecule has 0 fully saturated rings. The maximum atomic E-state index is 5.60. The summed E-state index contributed by atoms with van der Waals surface area (Å²) in [7, 11) is 1.60. The van der Waals surface area contributed by atoms with Gasteiger partial charge in [-0.2, -0.15) is 0 Å². The van der Waals surface area contributed by atoms with Crippen molar-refractivity contribution in [3.63, 3.8) is 0 Å². The van der Waals surface area contributed by atoms with Gasteiger partial charge in [0.1, 0.15) is 11.6 Å². The Bertz CT molecular complexity index is 531. The van der Waals surface area contributed by atoms with Crippen LogP contribution in [0.25, 0.3) is 0 Å². The molecule has 0 bridgehead atoms. The second-order valence-corrected chi connectivity index (χ2v) is 3.79. The summed E-state index contributed by atoms with van der Waals surface area (Å²) in [5, 5.41) is 0. The Kier molecular flexibility index (Phi) is 3.81. The van der Waals surface area contributed by atoms with Crippen LogP contribution in [0.15, 0.2) is 30.7 Å². The number of hydrogen-bond acceptors (Lipinski definition) is 6. The van der Waals surface area contributed by atoms with Crippen LogP contribution in [0.2, 0.25) is 0 Å². The molecule has 0 saturated carbocycles. The van der Waals surface area contributed by atoms with Crippen LogP contribution in [0.5, 0.6) is 5.75 Å². The van der Waals surface area contributed by atoms with E-state index in [2.05, 4.69) is 20.4 Å². The van der Waals surface area contributed by atoms with Crippen LogP contribution >= 0.6 is 0 Å². The van der Waals surface area contributed by atoms with E-state index in [-0.39, 0.29) is 6.04 Å². The third-order valence-corrected chi connectivity index (χ3v) is 2.56. The predicted octanol–water partition coefficient (Wildman–Crippen LogP) is 0.741. The monoisotopic (exact) mass is 245 g/mol. The average Bonchev–Trinajstić information content (AvgIpc) is 2.40. The Hall–Kier alpha value is -2.05. The van der Waals surface area contributed by atoms with Crippen molar-refractivity contribution in [3.05, 3.63) is 47.8 Å². The number of rotatable bonds is 4. The van der Waals surface area contributed by atoms with E-state index in [1.54, 1.807) is 25.7 Å². The number of aryl methyl sites for hydroxylation is 1. The molecule has 2 aromatic heterocycles. The Balaban J connectivity index is 2.38. The summed E-state index contributed by atoms with van der Waals surface area (Å²) in [6.45, 7) is 1.83. The van der Waals surface area contributed by atoms with Crippen molar-refractivity contribution in [1.29, 1.82) is 0 Å². The number of aromatic nitrogens is 3. The highest BCUT2D eigenvalue weighted by Crippen LogP contribution is 2.21. The Labute approximate surface area is 105 Å². The molecule has 94 valence electrons. The fraction of sp³-hybridized carbons (Fsp3) is 0.250. The maximum absolute atomic E-state index is 5.60. The van der Waals surface area contributed by atoms with Crippen LogP contribution in [0.4, 0.5) is 0 Å². The second kappa shape index (κ2) is 5.52. The zero-order valence-electron chi connectivity index (χ0n) is 10.3. The van der Waals surface area contributed by atoms with E-state index in [1.165, 1.54) is 0 Å². The van der Waals surface area contributed by atoms with Crippen LogP contribution in [0, 0.1) is 6.92 Å². The summed E-state index contributed by atoms with van der Waals surface area (Å²) in [4.78, 5) is 12.5. The quantitative estimate of drug-likeness (QED) is 0.610. The first-order valence-electron chi connectivity index (χ1n) is 5.49. The van der Waals surface area contributed by atoms with Gasteiger partial charge in [0.25, 0.3) is 0 Å². The van der Waals surface area contributed by atoms with Gasteiger partial charge in [-0.05, 0) is 24.6 Å². The van der Waals surface area contributed by atoms with Crippen LogP contribution in [0.1, 0.15) is 23.1 Å². The summed E-state index contributed by atoms with van der Waals surface area (Å²) < 4.78 is 5.15. The average molecular weight is 245 g/mol. The molecule has 1 unspecified atom stereocenters. The lowest BCUT2D eigenvalue weighted by Gasteiger charge is -2.16. The molecule has 2 heterocycles. The van der Waals surface area contributed by atoms with Crippen molar-refractivity contribution in [2.75, 3.05) is 7.11 Å². The Morgan fingerprint density at radius 3 is 2.89 bits per heavy atom. The van der Waals surface area contributed by atoms with E-state index in [9.17, 15) is 0 Å². The molecule has 0 aliphatic rings. The van der Waals surface area contributed by atoms with Gasteiger partial charge in [0.15, 0.2) is 0 Å². The molecule has 6 heteroatoms. The fourth-order valence-corrected chi connectivity index (χ4v) is 1.69. The Morgan fingerprint density at radius 2 is 2.22 bits per heavy atom. The number of ether oxygens (including phenoxy) is 1. The molecule has 0 aliphatic heterocycles. The SMILES string of the molecule is COc1cncc(C(NN)c2ccnc(C)n2)c1. The summed E-state index contributed by atoms with van der Waals surface area (Å²) in [6.07, 6.45) is 5.07. The molecule has 0 aliphatic carbocycles. The van der Waals surface area contributed by atoms with Crippen molar-refractivity contribution in [2.45, 2.75) is 13.0 Å². The molecule has 0 saturated heterocycles. The van der Waals surface area contributed by atoms with Gasteiger partial charge in [0, 0.05) is 12.4 Å². The molecule has 0 radical (unpaired) electrons. The summed E-state index contributed by atoms with van der Waals surface area (Å²) in [5.74, 6) is 6.98. The van der Waals surface area contributed by atoms with Gasteiger partial charge in [-0.25, -0.2) is 15.4 Å². The summed E-state index contributed by atoms with van der Waals surface area (Å²) >= 11 is 0. The topological polar surface area (TPSA) is 86.0 Å². The van der Waals surface area contributed by atoms with Crippen LogP contribution in [0.3, 0.4) is 0 Å². The first kappa shape index (κ1) is 12.4. The number of hydrogen-bond donors (Lipinski definition) is 2. The van der Waals surface area contributed by atoms with Gasteiger partial charge in [-0.15, -0.1) is 0 Å². The van der Waals surface area contributed by atoms with E-state index < -0.39 is 0 Å². The molecular weight excluding hydrogens is 230 g/mol. The van der Waals surface area contributed by atoms with Crippen LogP contribution in [-0.4, -0.2) is 22.1 Å². The van der Waals surface area contributed by atoms with Crippen LogP contribution in [-0.2, 0) is 0 Å². The van der Waals surface area contributed by atoms with E-state index >= 15 is 0 Å². The highest BCUT2D eigenvalue weighted by atomic mass is 16.5. The molecule has 0 aromatic carbocycles. The molecule has 1 atom stereocenters. The van der Waals surface area contributed by atoms with E-state index in [4.69, 9.17) is 10.6 Å². The molecule has 18 heavy (non-hydrogen) atoms. The van der Waals surface area contributed by atoms with Crippen molar-refractivity contribution >= 4 is 0 Å². The third-order valence-electron chi connectivity index (χ3n) is 2.56. The largest absolute Gasteiger partial charge is 0.495 e. The van der Waals surface area contributed by atoms with Gasteiger partial charge in [-0.1, -0.05) is 0 Å². The van der Waals surface area contributed by atoms with Crippen molar-refractivity contribution in [2.24, 2.45) is 5.84 Å². The van der Waals surface area contributed by atoms with Gasteiger partial charge in [0.05, 0.1) is 25.0 Å². The zero-order valence-corrected chi connectivity index (χ0v) is 10.3. The van der Waals surface area contributed by atoms with Crippen molar-refractivity contribution < 1.29 is 4.74 Å². The molecular formula is C12H15N5O. The lowest BCUT2D eigenvalue weighted by Crippen LogP contribution is -2.29. The third kappa shape index (κ3) is 2.61. The summed E-state index contributed by atoms with van der Waals surface area (Å²) in [6, 6.07) is 3.45. The van der Waals surface area contributed by atoms with E-state index in [1.807, 2.05) is 19.1 Å². The lowest BCUT2D eigenvalue weighted by molar-refractivity contribution is 0.411. The normalized spacial score (nSPS) is 12.2. The second-order valence-electron chi connectivity index (χ2n) is 3.79. The van der Waals surface area contributed by atoms with Crippen molar-refractivity contribution in [3.8, 4) is 5.75 Å².